The zero-order chi connectivity index (χ0) is 14.3. The van der Waals surface area contributed by atoms with Crippen LogP contribution in [0.5, 0.6) is 0 Å². The molecular weight excluding hydrogens is 360 g/mol. The van der Waals surface area contributed by atoms with Gasteiger partial charge in [-0.3, -0.25) is 5.84 Å². The lowest BCUT2D eigenvalue weighted by Gasteiger charge is -2.10. The molecule has 0 saturated carbocycles. The highest BCUT2D eigenvalue weighted by Gasteiger charge is 2.20. The number of fused-ring (bicyclic) bond motifs is 1. The Bertz CT molecular complexity index is 748. The number of nitrogens with one attached hydrogen (secondary N) is 1. The standard InChI is InChI=1S/C14H12BrClN2OS/c1-7-5-11(20-14(7)15)12(18-17)10-6-8-3-2-4-9(16)13(8)19-10/h2-6,12,18H,17H2,1H3. The molecule has 0 bridgehead atoms. The zero-order valence-corrected chi connectivity index (χ0v) is 13.8. The van der Waals surface area contributed by atoms with Gasteiger partial charge in [0.1, 0.15) is 11.8 Å². The summed E-state index contributed by atoms with van der Waals surface area (Å²) in [5, 5.41) is 1.58. The van der Waals surface area contributed by atoms with Gasteiger partial charge in [-0.25, -0.2) is 5.43 Å². The third kappa shape index (κ3) is 2.40. The number of hydrazine groups is 1. The van der Waals surface area contributed by atoms with Gasteiger partial charge in [0, 0.05) is 10.3 Å². The van der Waals surface area contributed by atoms with Crippen LogP contribution < -0.4 is 11.3 Å². The van der Waals surface area contributed by atoms with E-state index in [0.717, 1.165) is 19.8 Å². The summed E-state index contributed by atoms with van der Waals surface area (Å²) in [5.74, 6) is 6.46. The third-order valence-electron chi connectivity index (χ3n) is 3.13. The van der Waals surface area contributed by atoms with Crippen LogP contribution in [0.1, 0.15) is 22.2 Å². The average molecular weight is 372 g/mol. The summed E-state index contributed by atoms with van der Waals surface area (Å²) in [6, 6.07) is 9.56. The van der Waals surface area contributed by atoms with Crippen molar-refractivity contribution in [2.24, 2.45) is 5.84 Å². The van der Waals surface area contributed by atoms with Crippen LogP contribution in [-0.2, 0) is 0 Å². The van der Waals surface area contributed by atoms with E-state index in [9.17, 15) is 0 Å². The van der Waals surface area contributed by atoms with E-state index in [1.807, 2.05) is 31.2 Å². The van der Waals surface area contributed by atoms with Gasteiger partial charge < -0.3 is 4.42 Å². The second-order valence-corrected chi connectivity index (χ2v) is 7.32. The molecule has 2 aromatic heterocycles. The van der Waals surface area contributed by atoms with Crippen LogP contribution in [0.2, 0.25) is 5.02 Å². The van der Waals surface area contributed by atoms with Crippen molar-refractivity contribution >= 4 is 49.8 Å². The lowest BCUT2D eigenvalue weighted by atomic mass is 10.1. The van der Waals surface area contributed by atoms with E-state index in [1.54, 1.807) is 11.3 Å². The molecule has 3 N–H and O–H groups in total. The highest BCUT2D eigenvalue weighted by Crippen LogP contribution is 2.36. The number of rotatable bonds is 3. The minimum atomic E-state index is -0.187. The van der Waals surface area contributed by atoms with Crippen LogP contribution in [-0.4, -0.2) is 0 Å². The molecule has 3 aromatic rings. The number of furan rings is 1. The van der Waals surface area contributed by atoms with Crippen LogP contribution in [0.25, 0.3) is 11.0 Å². The highest BCUT2D eigenvalue weighted by molar-refractivity contribution is 9.11. The zero-order valence-electron chi connectivity index (χ0n) is 10.6. The Morgan fingerprint density at radius 1 is 1.40 bits per heavy atom. The molecule has 104 valence electrons. The smallest absolute Gasteiger partial charge is 0.152 e. The van der Waals surface area contributed by atoms with Gasteiger partial charge in [-0.15, -0.1) is 11.3 Å². The molecule has 3 nitrogen and oxygen atoms in total. The molecule has 6 heteroatoms. The van der Waals surface area contributed by atoms with Gasteiger partial charge in [0.25, 0.3) is 0 Å². The first kappa shape index (κ1) is 14.1. The molecule has 0 amide bonds. The quantitative estimate of drug-likeness (QED) is 0.515. The maximum absolute atomic E-state index is 6.14. The number of aryl methyl sites for hydroxylation is 1. The van der Waals surface area contributed by atoms with E-state index in [4.69, 9.17) is 21.9 Å². The summed E-state index contributed by atoms with van der Waals surface area (Å²) in [6.45, 7) is 2.05. The SMILES string of the molecule is Cc1cc(C(NN)c2cc3cccc(Cl)c3o2)sc1Br. The van der Waals surface area contributed by atoms with Gasteiger partial charge in [0.05, 0.1) is 8.81 Å². The van der Waals surface area contributed by atoms with E-state index in [2.05, 4.69) is 27.4 Å². The highest BCUT2D eigenvalue weighted by atomic mass is 79.9. The number of nitrogens with two attached hydrogens (primary N) is 1. The molecule has 0 saturated heterocycles. The summed E-state index contributed by atoms with van der Waals surface area (Å²) in [6.07, 6.45) is 0. The second-order valence-electron chi connectivity index (χ2n) is 4.51. The number of para-hydroxylation sites is 1. The lowest BCUT2D eigenvalue weighted by molar-refractivity contribution is 0.481. The first-order valence-corrected chi connectivity index (χ1v) is 7.99. The first-order valence-electron chi connectivity index (χ1n) is 6.00. The Kier molecular flexibility index (Phi) is 3.88. The van der Waals surface area contributed by atoms with E-state index in [0.29, 0.717) is 10.6 Å². The fraction of sp³-hybridized carbons (Fsp3) is 0.143. The molecule has 0 spiro atoms. The Hall–Kier alpha value is -0.850. The molecule has 0 aliphatic heterocycles. The summed E-state index contributed by atoms with van der Waals surface area (Å²) in [5.41, 5.74) is 4.68. The van der Waals surface area contributed by atoms with Crippen molar-refractivity contribution in [1.82, 2.24) is 5.43 Å². The van der Waals surface area contributed by atoms with Crippen molar-refractivity contribution in [3.8, 4) is 0 Å². The molecule has 0 aliphatic rings. The van der Waals surface area contributed by atoms with Gasteiger partial charge in [0.2, 0.25) is 0 Å². The Labute approximate surface area is 133 Å². The van der Waals surface area contributed by atoms with E-state index in [-0.39, 0.29) is 6.04 Å². The predicted octanol–water partition coefficient (Wildman–Crippen LogP) is 4.77. The predicted molar refractivity (Wildman–Crippen MR) is 87.1 cm³/mol. The van der Waals surface area contributed by atoms with Crippen molar-refractivity contribution in [3.05, 3.63) is 55.3 Å². The molecule has 20 heavy (non-hydrogen) atoms. The van der Waals surface area contributed by atoms with Crippen LogP contribution in [0, 0.1) is 6.92 Å². The first-order chi connectivity index (χ1) is 9.60. The van der Waals surface area contributed by atoms with Crippen LogP contribution >= 0.6 is 38.9 Å². The number of thiophene rings is 1. The Morgan fingerprint density at radius 2 is 2.20 bits per heavy atom. The van der Waals surface area contributed by atoms with E-state index >= 15 is 0 Å². The summed E-state index contributed by atoms with van der Waals surface area (Å²) in [7, 11) is 0. The van der Waals surface area contributed by atoms with Crippen molar-refractivity contribution in [2.75, 3.05) is 0 Å². The van der Waals surface area contributed by atoms with Gasteiger partial charge >= 0.3 is 0 Å². The Morgan fingerprint density at radius 3 is 2.80 bits per heavy atom. The van der Waals surface area contributed by atoms with Gasteiger partial charge in [-0.2, -0.15) is 0 Å². The molecule has 3 rings (SSSR count). The Balaban J connectivity index is 2.09. The fourth-order valence-corrected chi connectivity index (χ4v) is 3.98. The minimum Gasteiger partial charge on any atom is -0.457 e. The maximum Gasteiger partial charge on any atom is 0.152 e. The number of benzene rings is 1. The van der Waals surface area contributed by atoms with Crippen LogP contribution in [0.4, 0.5) is 0 Å². The minimum absolute atomic E-state index is 0.187. The number of halogens is 2. The van der Waals surface area contributed by atoms with Gasteiger partial charge in [-0.1, -0.05) is 23.7 Å². The molecular formula is C14H12BrClN2OS. The van der Waals surface area contributed by atoms with Crippen molar-refractivity contribution < 1.29 is 4.42 Å². The fourth-order valence-electron chi connectivity index (χ4n) is 2.12. The third-order valence-corrected chi connectivity index (χ3v) is 5.63. The molecule has 0 aliphatic carbocycles. The summed E-state index contributed by atoms with van der Waals surface area (Å²) < 4.78 is 6.97. The van der Waals surface area contributed by atoms with E-state index < -0.39 is 0 Å². The molecule has 0 fully saturated rings. The monoisotopic (exact) mass is 370 g/mol. The molecule has 1 unspecified atom stereocenters. The summed E-state index contributed by atoms with van der Waals surface area (Å²) in [4.78, 5) is 1.09. The molecule has 2 heterocycles. The summed E-state index contributed by atoms with van der Waals surface area (Å²) >= 11 is 11.3. The van der Waals surface area contributed by atoms with Crippen LogP contribution in [0.3, 0.4) is 0 Å². The van der Waals surface area contributed by atoms with Gasteiger partial charge in [0.15, 0.2) is 5.58 Å². The largest absolute Gasteiger partial charge is 0.457 e. The maximum atomic E-state index is 6.14. The average Bonchev–Trinajstić information content (AvgIpc) is 2.97. The number of hydrogen-bond acceptors (Lipinski definition) is 4. The lowest BCUT2D eigenvalue weighted by Crippen LogP contribution is -2.27. The van der Waals surface area contributed by atoms with Crippen molar-refractivity contribution in [1.29, 1.82) is 0 Å². The molecule has 1 atom stereocenters. The van der Waals surface area contributed by atoms with Gasteiger partial charge in [-0.05, 0) is 46.6 Å². The number of hydrogen-bond donors (Lipinski definition) is 2. The van der Waals surface area contributed by atoms with Crippen molar-refractivity contribution in [3.63, 3.8) is 0 Å². The van der Waals surface area contributed by atoms with E-state index in [1.165, 1.54) is 5.56 Å². The normalized spacial score (nSPS) is 13.0. The molecule has 0 radical (unpaired) electrons. The molecule has 1 aromatic carbocycles. The second kappa shape index (κ2) is 5.50. The van der Waals surface area contributed by atoms with Crippen LogP contribution in [0.15, 0.2) is 38.5 Å². The topological polar surface area (TPSA) is 51.2 Å². The van der Waals surface area contributed by atoms with Crippen molar-refractivity contribution in [2.45, 2.75) is 13.0 Å².